The molecular formula is C7H7N3OS2. The van der Waals surface area contributed by atoms with Crippen LogP contribution in [0, 0.1) is 0 Å². The zero-order chi connectivity index (χ0) is 9.26. The Bertz CT molecular complexity index is 409. The number of rotatable bonds is 2. The lowest BCUT2D eigenvalue weighted by Gasteiger charge is -1.88. The Hall–Kier alpha value is -1.14. The fourth-order valence-electron chi connectivity index (χ4n) is 0.872. The summed E-state index contributed by atoms with van der Waals surface area (Å²) in [6, 6.07) is 1.92. The molecule has 0 aliphatic heterocycles. The van der Waals surface area contributed by atoms with Crippen molar-refractivity contribution in [2.75, 3.05) is 12.8 Å². The third kappa shape index (κ3) is 1.63. The molecule has 2 rings (SSSR count). The van der Waals surface area contributed by atoms with Crippen LogP contribution in [0.5, 0.6) is 5.75 Å². The highest BCUT2D eigenvalue weighted by atomic mass is 32.1. The van der Waals surface area contributed by atoms with Crippen molar-refractivity contribution in [3.05, 3.63) is 11.4 Å². The number of hydrogen-bond acceptors (Lipinski definition) is 6. The molecule has 13 heavy (non-hydrogen) atoms. The van der Waals surface area contributed by atoms with Gasteiger partial charge in [0.1, 0.15) is 5.75 Å². The van der Waals surface area contributed by atoms with Gasteiger partial charge < -0.3 is 10.5 Å². The summed E-state index contributed by atoms with van der Waals surface area (Å²) in [7, 11) is 1.64. The van der Waals surface area contributed by atoms with E-state index in [1.54, 1.807) is 18.4 Å². The van der Waals surface area contributed by atoms with Crippen LogP contribution in [0.4, 0.5) is 5.13 Å². The third-order valence-electron chi connectivity index (χ3n) is 1.46. The molecule has 0 amide bonds. The summed E-state index contributed by atoms with van der Waals surface area (Å²) in [5.74, 6) is 0.841. The number of thiophene rings is 1. The van der Waals surface area contributed by atoms with E-state index < -0.39 is 0 Å². The first-order valence-corrected chi connectivity index (χ1v) is 5.21. The summed E-state index contributed by atoms with van der Waals surface area (Å²) >= 11 is 2.94. The Morgan fingerprint density at radius 2 is 2.31 bits per heavy atom. The summed E-state index contributed by atoms with van der Waals surface area (Å²) < 4.78 is 5.06. The first-order chi connectivity index (χ1) is 6.29. The van der Waals surface area contributed by atoms with Gasteiger partial charge in [-0.15, -0.1) is 21.5 Å². The highest BCUT2D eigenvalue weighted by Gasteiger charge is 2.07. The van der Waals surface area contributed by atoms with Gasteiger partial charge in [-0.3, -0.25) is 0 Å². The van der Waals surface area contributed by atoms with Gasteiger partial charge in [-0.05, 0) is 0 Å². The van der Waals surface area contributed by atoms with E-state index >= 15 is 0 Å². The first kappa shape index (κ1) is 8.46. The fourth-order valence-corrected chi connectivity index (χ4v) is 2.40. The van der Waals surface area contributed by atoms with Crippen LogP contribution < -0.4 is 10.5 Å². The Morgan fingerprint density at radius 1 is 1.46 bits per heavy atom. The third-order valence-corrected chi connectivity index (χ3v) is 3.29. The van der Waals surface area contributed by atoms with Crippen molar-refractivity contribution in [3.8, 4) is 15.6 Å². The van der Waals surface area contributed by atoms with Crippen LogP contribution in [-0.2, 0) is 0 Å². The Balaban J connectivity index is 2.35. The molecule has 0 saturated heterocycles. The van der Waals surface area contributed by atoms with Crippen LogP contribution >= 0.6 is 22.7 Å². The predicted molar refractivity (Wildman–Crippen MR) is 54.2 cm³/mol. The summed E-state index contributed by atoms with van der Waals surface area (Å²) in [6.07, 6.45) is 0. The molecule has 2 heterocycles. The topological polar surface area (TPSA) is 61.0 Å². The number of nitrogens with zero attached hydrogens (tertiary/aromatic N) is 2. The van der Waals surface area contributed by atoms with Gasteiger partial charge in [0.15, 0.2) is 5.01 Å². The smallest absolute Gasteiger partial charge is 0.203 e. The summed E-state index contributed by atoms with van der Waals surface area (Å²) in [6.45, 7) is 0. The van der Waals surface area contributed by atoms with Gasteiger partial charge in [-0.25, -0.2) is 0 Å². The number of ether oxygens (including phenoxy) is 1. The molecule has 2 aromatic heterocycles. The molecule has 4 nitrogen and oxygen atoms in total. The Kier molecular flexibility index (Phi) is 2.15. The minimum Gasteiger partial charge on any atom is -0.496 e. The van der Waals surface area contributed by atoms with Crippen LogP contribution in [0.1, 0.15) is 0 Å². The second-order valence-corrected chi connectivity index (χ2v) is 4.22. The molecule has 0 spiro atoms. The van der Waals surface area contributed by atoms with Crippen molar-refractivity contribution in [2.24, 2.45) is 0 Å². The lowest BCUT2D eigenvalue weighted by molar-refractivity contribution is 0.417. The number of hydrogen-bond donors (Lipinski definition) is 1. The van der Waals surface area contributed by atoms with E-state index in [1.165, 1.54) is 11.3 Å². The van der Waals surface area contributed by atoms with Crippen LogP contribution in [0.3, 0.4) is 0 Å². The molecule has 68 valence electrons. The van der Waals surface area contributed by atoms with Crippen molar-refractivity contribution >= 4 is 27.8 Å². The van der Waals surface area contributed by atoms with Crippen molar-refractivity contribution in [3.63, 3.8) is 0 Å². The standard InChI is InChI=1S/C7H7N3OS2/c1-11-4-2-5(12-3-4)6-9-10-7(8)13-6/h2-3H,1H3,(H2,8,10). The summed E-state index contributed by atoms with van der Waals surface area (Å²) in [4.78, 5) is 1.03. The van der Waals surface area contributed by atoms with Gasteiger partial charge in [0.25, 0.3) is 0 Å². The first-order valence-electron chi connectivity index (χ1n) is 3.51. The van der Waals surface area contributed by atoms with E-state index in [1.807, 2.05) is 11.4 Å². The lowest BCUT2D eigenvalue weighted by atomic mass is 10.5. The van der Waals surface area contributed by atoms with Crippen LogP contribution in [0.25, 0.3) is 9.88 Å². The van der Waals surface area contributed by atoms with Crippen molar-refractivity contribution < 1.29 is 4.74 Å². The molecule has 0 radical (unpaired) electrons. The highest BCUT2D eigenvalue weighted by Crippen LogP contribution is 2.33. The minimum absolute atomic E-state index is 0.488. The van der Waals surface area contributed by atoms with Crippen molar-refractivity contribution in [2.45, 2.75) is 0 Å². The number of nitrogens with two attached hydrogens (primary N) is 1. The number of nitrogen functional groups attached to an aromatic ring is 1. The molecule has 6 heteroatoms. The Morgan fingerprint density at radius 3 is 2.85 bits per heavy atom. The molecule has 0 saturated carbocycles. The zero-order valence-electron chi connectivity index (χ0n) is 6.85. The second-order valence-electron chi connectivity index (χ2n) is 2.30. The number of aromatic nitrogens is 2. The van der Waals surface area contributed by atoms with Gasteiger partial charge in [0.05, 0.1) is 12.0 Å². The predicted octanol–water partition coefficient (Wildman–Crippen LogP) is 1.86. The minimum atomic E-state index is 0.488. The second kappa shape index (κ2) is 3.31. The molecule has 0 aliphatic carbocycles. The molecule has 2 aromatic rings. The van der Waals surface area contributed by atoms with Gasteiger partial charge in [-0.2, -0.15) is 0 Å². The molecular weight excluding hydrogens is 206 g/mol. The van der Waals surface area contributed by atoms with E-state index in [0.717, 1.165) is 15.6 Å². The molecule has 0 atom stereocenters. The largest absolute Gasteiger partial charge is 0.496 e. The van der Waals surface area contributed by atoms with E-state index in [-0.39, 0.29) is 0 Å². The average molecular weight is 213 g/mol. The summed E-state index contributed by atoms with van der Waals surface area (Å²) in [5, 5.41) is 10.9. The maximum absolute atomic E-state index is 5.47. The van der Waals surface area contributed by atoms with Crippen molar-refractivity contribution in [1.82, 2.24) is 10.2 Å². The summed E-state index contributed by atoms with van der Waals surface area (Å²) in [5.41, 5.74) is 5.47. The SMILES string of the molecule is COc1csc(-c2nnc(N)s2)c1. The Labute approximate surface area is 83.0 Å². The van der Waals surface area contributed by atoms with E-state index in [9.17, 15) is 0 Å². The monoisotopic (exact) mass is 213 g/mol. The molecule has 0 fully saturated rings. The quantitative estimate of drug-likeness (QED) is 0.827. The number of anilines is 1. The molecule has 0 aliphatic rings. The van der Waals surface area contributed by atoms with Gasteiger partial charge in [0.2, 0.25) is 5.13 Å². The maximum Gasteiger partial charge on any atom is 0.203 e. The van der Waals surface area contributed by atoms with Gasteiger partial charge in [0, 0.05) is 11.4 Å². The molecule has 0 bridgehead atoms. The van der Waals surface area contributed by atoms with Crippen molar-refractivity contribution in [1.29, 1.82) is 0 Å². The van der Waals surface area contributed by atoms with Crippen LogP contribution in [0.15, 0.2) is 11.4 Å². The molecule has 0 aromatic carbocycles. The van der Waals surface area contributed by atoms with Gasteiger partial charge in [-0.1, -0.05) is 11.3 Å². The van der Waals surface area contributed by atoms with Gasteiger partial charge >= 0.3 is 0 Å². The molecule has 0 unspecified atom stereocenters. The number of methoxy groups -OCH3 is 1. The van der Waals surface area contributed by atoms with E-state index in [0.29, 0.717) is 5.13 Å². The van der Waals surface area contributed by atoms with E-state index in [2.05, 4.69) is 10.2 Å². The fraction of sp³-hybridized carbons (Fsp3) is 0.143. The average Bonchev–Trinajstić information content (AvgIpc) is 2.71. The highest BCUT2D eigenvalue weighted by molar-refractivity contribution is 7.22. The zero-order valence-corrected chi connectivity index (χ0v) is 8.48. The molecule has 2 N–H and O–H groups in total. The van der Waals surface area contributed by atoms with E-state index in [4.69, 9.17) is 10.5 Å². The lowest BCUT2D eigenvalue weighted by Crippen LogP contribution is -1.79. The van der Waals surface area contributed by atoms with Crippen LogP contribution in [0.2, 0.25) is 0 Å². The normalized spacial score (nSPS) is 10.2. The maximum atomic E-state index is 5.47. The van der Waals surface area contributed by atoms with Crippen LogP contribution in [-0.4, -0.2) is 17.3 Å².